The largest absolute Gasteiger partial charge is 0.175 e. The summed E-state index contributed by atoms with van der Waals surface area (Å²) < 4.78 is 0. The number of hydrogen-bond donors (Lipinski definition) is 0. The van der Waals surface area contributed by atoms with E-state index in [1.165, 1.54) is 11.1 Å². The molecule has 0 aromatic heterocycles. The van der Waals surface area contributed by atoms with Gasteiger partial charge in [0.2, 0.25) is 0 Å². The zero-order chi connectivity index (χ0) is 13.9. The van der Waals surface area contributed by atoms with E-state index < -0.39 is 0 Å². The summed E-state index contributed by atoms with van der Waals surface area (Å²) in [7, 11) is 0. The highest BCUT2D eigenvalue weighted by atomic mass is 14.4. The standard InChI is InChI=1S/C18H25B/c1-10-7-8-15-14(5)19(6)16-9-11(2)13(4)18(16)17(15)12(10)3/h7-9,11,13-14,18H,1-6H3/t11?,13-,14?,18?/m1/s1. The van der Waals surface area contributed by atoms with Gasteiger partial charge in [0.15, 0.2) is 6.71 Å². The van der Waals surface area contributed by atoms with Gasteiger partial charge in [-0.15, -0.1) is 0 Å². The second kappa shape index (κ2) is 4.26. The lowest BCUT2D eigenvalue weighted by Crippen LogP contribution is -2.32. The average Bonchev–Trinajstić information content (AvgIpc) is 2.67. The summed E-state index contributed by atoms with van der Waals surface area (Å²) in [6.07, 6.45) is 2.57. The van der Waals surface area contributed by atoms with Crippen molar-refractivity contribution in [3.05, 3.63) is 45.9 Å². The summed E-state index contributed by atoms with van der Waals surface area (Å²) in [4.78, 5) is 0. The molecule has 1 aliphatic heterocycles. The molecule has 0 radical (unpaired) electrons. The smallest absolute Gasteiger partial charge is 0.0968 e. The van der Waals surface area contributed by atoms with Crippen LogP contribution in [0, 0.1) is 25.7 Å². The van der Waals surface area contributed by atoms with Crippen molar-refractivity contribution in [3.8, 4) is 0 Å². The SMILES string of the molecule is CB1C2=CC(C)[C@@H](C)C2c2c(ccc(C)c2C)C1C. The van der Waals surface area contributed by atoms with Crippen LogP contribution in [0.3, 0.4) is 0 Å². The lowest BCUT2D eigenvalue weighted by Gasteiger charge is -2.37. The molecule has 1 heterocycles. The summed E-state index contributed by atoms with van der Waals surface area (Å²) in [6.45, 7) is 14.9. The fourth-order valence-electron chi connectivity index (χ4n) is 4.26. The van der Waals surface area contributed by atoms with Crippen molar-refractivity contribution < 1.29 is 0 Å². The Morgan fingerprint density at radius 1 is 1.05 bits per heavy atom. The van der Waals surface area contributed by atoms with Crippen LogP contribution in [0.1, 0.15) is 54.8 Å². The first-order valence-electron chi connectivity index (χ1n) is 7.75. The minimum Gasteiger partial charge on any atom is -0.0968 e. The first-order chi connectivity index (χ1) is 8.93. The molecule has 1 heteroatoms. The van der Waals surface area contributed by atoms with Crippen LogP contribution in [0.2, 0.25) is 6.82 Å². The van der Waals surface area contributed by atoms with Crippen molar-refractivity contribution in [3.63, 3.8) is 0 Å². The summed E-state index contributed by atoms with van der Waals surface area (Å²) in [5.41, 5.74) is 7.97. The molecule has 1 aliphatic carbocycles. The predicted molar refractivity (Wildman–Crippen MR) is 85.1 cm³/mol. The van der Waals surface area contributed by atoms with E-state index in [0.717, 1.165) is 11.8 Å². The third kappa shape index (κ3) is 1.67. The fraction of sp³-hybridized carbons (Fsp3) is 0.556. The lowest BCUT2D eigenvalue weighted by molar-refractivity contribution is 0.445. The van der Waals surface area contributed by atoms with E-state index in [4.69, 9.17) is 0 Å². The van der Waals surface area contributed by atoms with Gasteiger partial charge in [-0.2, -0.15) is 0 Å². The monoisotopic (exact) mass is 252 g/mol. The fourth-order valence-corrected chi connectivity index (χ4v) is 4.26. The maximum Gasteiger partial charge on any atom is 0.175 e. The second-order valence-electron chi connectivity index (χ2n) is 6.95. The number of benzene rings is 1. The summed E-state index contributed by atoms with van der Waals surface area (Å²) in [5, 5.41) is 0. The van der Waals surface area contributed by atoms with Crippen molar-refractivity contribution >= 4 is 6.71 Å². The maximum atomic E-state index is 2.57. The number of fused-ring (bicyclic) bond motifs is 3. The van der Waals surface area contributed by atoms with Crippen LogP contribution < -0.4 is 0 Å². The second-order valence-corrected chi connectivity index (χ2v) is 6.95. The zero-order valence-electron chi connectivity index (χ0n) is 13.1. The van der Waals surface area contributed by atoms with E-state index in [2.05, 4.69) is 59.7 Å². The Bertz CT molecular complexity index is 555. The molecule has 0 bridgehead atoms. The molecule has 3 rings (SSSR count). The normalized spacial score (nSPS) is 32.9. The van der Waals surface area contributed by atoms with Gasteiger partial charge in [0.25, 0.3) is 0 Å². The van der Waals surface area contributed by atoms with Crippen LogP contribution in [0.15, 0.2) is 23.7 Å². The molecule has 100 valence electrons. The van der Waals surface area contributed by atoms with E-state index in [9.17, 15) is 0 Å². The highest BCUT2D eigenvalue weighted by Gasteiger charge is 2.43. The molecule has 4 atom stereocenters. The van der Waals surface area contributed by atoms with Gasteiger partial charge in [0.1, 0.15) is 0 Å². The van der Waals surface area contributed by atoms with Gasteiger partial charge in [-0.1, -0.05) is 51.3 Å². The van der Waals surface area contributed by atoms with Gasteiger partial charge < -0.3 is 0 Å². The molecule has 0 spiro atoms. The first-order valence-corrected chi connectivity index (χ1v) is 7.75. The van der Waals surface area contributed by atoms with Gasteiger partial charge >= 0.3 is 0 Å². The van der Waals surface area contributed by atoms with E-state index >= 15 is 0 Å². The maximum absolute atomic E-state index is 2.57. The number of hydrogen-bond acceptors (Lipinski definition) is 0. The lowest BCUT2D eigenvalue weighted by atomic mass is 9.32. The van der Waals surface area contributed by atoms with Crippen LogP contribution >= 0.6 is 0 Å². The molecule has 0 nitrogen and oxygen atoms in total. The number of rotatable bonds is 0. The van der Waals surface area contributed by atoms with Crippen molar-refractivity contribution in [2.75, 3.05) is 0 Å². The van der Waals surface area contributed by atoms with E-state index in [1.807, 2.05) is 0 Å². The summed E-state index contributed by atoms with van der Waals surface area (Å²) in [5.74, 6) is 2.81. The van der Waals surface area contributed by atoms with Crippen LogP contribution in [0.25, 0.3) is 0 Å². The highest BCUT2D eigenvalue weighted by molar-refractivity contribution is 6.67. The van der Waals surface area contributed by atoms with Gasteiger partial charge in [-0.3, -0.25) is 0 Å². The third-order valence-electron chi connectivity index (χ3n) is 6.07. The zero-order valence-corrected chi connectivity index (χ0v) is 13.1. The molecule has 0 saturated heterocycles. The Kier molecular flexibility index (Phi) is 2.92. The molecule has 0 N–H and O–H groups in total. The molecule has 1 aromatic rings. The Morgan fingerprint density at radius 3 is 2.42 bits per heavy atom. The van der Waals surface area contributed by atoms with E-state index in [-0.39, 0.29) is 0 Å². The van der Waals surface area contributed by atoms with Crippen molar-refractivity contribution in [2.24, 2.45) is 11.8 Å². The predicted octanol–water partition coefficient (Wildman–Crippen LogP) is 4.92. The van der Waals surface area contributed by atoms with E-state index in [1.54, 1.807) is 16.6 Å². The van der Waals surface area contributed by atoms with Crippen molar-refractivity contribution in [2.45, 2.75) is 53.2 Å². The first kappa shape index (κ1) is 13.0. The molecule has 2 aliphatic rings. The van der Waals surface area contributed by atoms with Crippen LogP contribution in [-0.2, 0) is 0 Å². The van der Waals surface area contributed by atoms with Crippen LogP contribution in [-0.4, -0.2) is 6.71 Å². The third-order valence-corrected chi connectivity index (χ3v) is 6.07. The average molecular weight is 252 g/mol. The minimum atomic E-state index is 0.661. The number of allylic oxidation sites excluding steroid dienone is 2. The Morgan fingerprint density at radius 2 is 1.74 bits per heavy atom. The topological polar surface area (TPSA) is 0 Å². The number of aryl methyl sites for hydroxylation is 1. The van der Waals surface area contributed by atoms with Gasteiger partial charge in [-0.05, 0) is 53.8 Å². The Balaban J connectivity index is 2.26. The molecule has 1 aromatic carbocycles. The van der Waals surface area contributed by atoms with Crippen LogP contribution in [0.5, 0.6) is 0 Å². The van der Waals surface area contributed by atoms with Crippen molar-refractivity contribution in [1.82, 2.24) is 0 Å². The quantitative estimate of drug-likeness (QED) is 0.575. The van der Waals surface area contributed by atoms with Crippen LogP contribution in [0.4, 0.5) is 0 Å². The highest BCUT2D eigenvalue weighted by Crippen LogP contribution is 2.52. The molecule has 0 saturated carbocycles. The molecule has 19 heavy (non-hydrogen) atoms. The molecule has 0 fully saturated rings. The Labute approximate surface area is 118 Å². The summed E-state index contributed by atoms with van der Waals surface area (Å²) in [6, 6.07) is 4.71. The minimum absolute atomic E-state index is 0.661. The van der Waals surface area contributed by atoms with Gasteiger partial charge in [0, 0.05) is 5.92 Å². The summed E-state index contributed by atoms with van der Waals surface area (Å²) >= 11 is 0. The molecule has 3 unspecified atom stereocenters. The molecular weight excluding hydrogens is 227 g/mol. The van der Waals surface area contributed by atoms with E-state index in [0.29, 0.717) is 18.4 Å². The van der Waals surface area contributed by atoms with Gasteiger partial charge in [-0.25, -0.2) is 0 Å². The van der Waals surface area contributed by atoms with Crippen molar-refractivity contribution in [1.29, 1.82) is 0 Å². The molecule has 0 amide bonds. The van der Waals surface area contributed by atoms with Gasteiger partial charge in [0.05, 0.1) is 0 Å². The Hall–Kier alpha value is -0.975. The molecular formula is C18H25B.